The Hall–Kier alpha value is -3.41. The van der Waals surface area contributed by atoms with Crippen LogP contribution in [0.4, 0.5) is 14.6 Å². The Bertz CT molecular complexity index is 1340. The number of nitrogens with two attached hydrogens (primary N) is 1. The topological polar surface area (TPSA) is 132 Å². The van der Waals surface area contributed by atoms with Crippen LogP contribution in [0.1, 0.15) is 67.0 Å². The Morgan fingerprint density at radius 2 is 1.92 bits per heavy atom. The lowest BCUT2D eigenvalue weighted by atomic mass is 9.63. The molecule has 1 aliphatic heterocycles. The molecule has 2 aliphatic carbocycles. The summed E-state index contributed by atoms with van der Waals surface area (Å²) in [5, 5.41) is 18.0. The first-order chi connectivity index (χ1) is 17.3. The Morgan fingerprint density at radius 1 is 1.19 bits per heavy atom. The Morgan fingerprint density at radius 3 is 2.53 bits per heavy atom. The molecule has 0 atom stereocenters. The number of fused-ring (bicyclic) bond motifs is 1. The third kappa shape index (κ3) is 3.66. The molecular formula is C24H27F2N7O3. The van der Waals surface area contributed by atoms with Gasteiger partial charge in [0.25, 0.3) is 12.3 Å². The molecule has 10 nitrogen and oxygen atoms in total. The molecule has 4 heterocycles. The van der Waals surface area contributed by atoms with Crippen molar-refractivity contribution < 1.29 is 23.5 Å². The van der Waals surface area contributed by atoms with Gasteiger partial charge in [-0.2, -0.15) is 10.2 Å². The van der Waals surface area contributed by atoms with Crippen LogP contribution in [0.2, 0.25) is 0 Å². The van der Waals surface area contributed by atoms with Crippen molar-refractivity contribution in [1.82, 2.24) is 24.4 Å². The van der Waals surface area contributed by atoms with Gasteiger partial charge in [0, 0.05) is 50.3 Å². The number of carbonyl (C=O) groups excluding carboxylic acids is 2. The number of alkyl halides is 2. The predicted octanol–water partition coefficient (Wildman–Crippen LogP) is 2.52. The first-order valence-corrected chi connectivity index (χ1v) is 12.2. The van der Waals surface area contributed by atoms with Gasteiger partial charge in [0.2, 0.25) is 0 Å². The first kappa shape index (κ1) is 23.0. The van der Waals surface area contributed by atoms with Gasteiger partial charge in [-0.25, -0.2) is 18.3 Å². The number of carbonyl (C=O) groups is 2. The monoisotopic (exact) mass is 499 g/mol. The minimum atomic E-state index is -2.87. The molecule has 190 valence electrons. The molecule has 6 rings (SSSR count). The summed E-state index contributed by atoms with van der Waals surface area (Å²) >= 11 is 0. The summed E-state index contributed by atoms with van der Waals surface area (Å²) in [5.74, 6) is 0.293. The molecule has 1 spiro atoms. The average Bonchev–Trinajstić information content (AvgIpc) is 3.42. The van der Waals surface area contributed by atoms with Gasteiger partial charge in [0.05, 0.1) is 11.6 Å². The molecule has 12 heteroatoms. The lowest BCUT2D eigenvalue weighted by Crippen LogP contribution is -2.63. The molecular weight excluding hydrogens is 472 g/mol. The minimum Gasteiger partial charge on any atom is -0.396 e. The molecule has 3 aromatic rings. The number of Topliss-reactive ketones (excluding diaryl/α,β-unsaturated/α-hetero) is 1. The van der Waals surface area contributed by atoms with E-state index in [0.717, 1.165) is 25.7 Å². The number of primary amides is 1. The summed E-state index contributed by atoms with van der Waals surface area (Å²) in [7, 11) is 0. The van der Waals surface area contributed by atoms with Crippen LogP contribution in [-0.2, 0) is 4.79 Å². The van der Waals surface area contributed by atoms with Crippen LogP contribution in [0.5, 0.6) is 0 Å². The third-order valence-electron chi connectivity index (χ3n) is 7.91. The fraction of sp³-hybridized carbons (Fsp3) is 0.542. The van der Waals surface area contributed by atoms with E-state index in [0.29, 0.717) is 31.7 Å². The quantitative estimate of drug-likeness (QED) is 0.533. The molecule has 1 saturated heterocycles. The van der Waals surface area contributed by atoms with Gasteiger partial charge in [-0.05, 0) is 37.7 Å². The van der Waals surface area contributed by atoms with Crippen LogP contribution in [-0.4, -0.2) is 60.9 Å². The van der Waals surface area contributed by atoms with Crippen LogP contribution in [0.25, 0.3) is 16.9 Å². The SMILES string of the molecule is NC(=O)c1c(-c2cn(C3CCC(CO)CC3)nc2C(F)F)nn2ccc(N3CC4(CC(=O)C4)C3)nc12. The molecule has 1 amide bonds. The summed E-state index contributed by atoms with van der Waals surface area (Å²) in [5.41, 5.74) is 5.53. The van der Waals surface area contributed by atoms with Crippen LogP contribution < -0.4 is 10.6 Å². The van der Waals surface area contributed by atoms with Crippen molar-refractivity contribution in [3.8, 4) is 11.3 Å². The number of anilines is 1. The zero-order valence-electron chi connectivity index (χ0n) is 19.6. The van der Waals surface area contributed by atoms with Gasteiger partial charge >= 0.3 is 0 Å². The number of aliphatic hydroxyl groups is 1. The first-order valence-electron chi connectivity index (χ1n) is 12.2. The minimum absolute atomic E-state index is 0.0277. The summed E-state index contributed by atoms with van der Waals surface area (Å²) in [6.45, 7) is 1.53. The van der Waals surface area contributed by atoms with Crippen molar-refractivity contribution in [1.29, 1.82) is 0 Å². The van der Waals surface area contributed by atoms with E-state index in [2.05, 4.69) is 15.2 Å². The van der Waals surface area contributed by atoms with Crippen molar-refractivity contribution in [3.63, 3.8) is 0 Å². The highest BCUT2D eigenvalue weighted by Gasteiger charge is 2.52. The van der Waals surface area contributed by atoms with E-state index in [9.17, 15) is 23.5 Å². The van der Waals surface area contributed by atoms with Gasteiger partial charge in [-0.15, -0.1) is 0 Å². The van der Waals surface area contributed by atoms with Gasteiger partial charge < -0.3 is 15.7 Å². The fourth-order valence-corrected chi connectivity index (χ4v) is 5.97. The molecule has 3 fully saturated rings. The standard InChI is InChI=1S/C24H27F2N7O3/c25-21(26)20-16(9-33(30-20)14-3-1-13(10-34)2-4-14)19-18(22(27)36)23-28-17(5-6-32(23)29-19)31-11-24(12-31)7-15(35)8-24/h5-6,9,13-14,21,34H,1-4,7-8,10-12H2,(H2,27,36). The molecule has 0 unspecified atom stereocenters. The highest BCUT2D eigenvalue weighted by molar-refractivity contribution is 6.05. The van der Waals surface area contributed by atoms with E-state index in [4.69, 9.17) is 5.73 Å². The summed E-state index contributed by atoms with van der Waals surface area (Å²) in [6.07, 6.45) is 4.47. The lowest BCUT2D eigenvalue weighted by Gasteiger charge is -2.55. The van der Waals surface area contributed by atoms with Crippen molar-refractivity contribution in [2.45, 2.75) is 51.0 Å². The van der Waals surface area contributed by atoms with E-state index in [-0.39, 0.29) is 52.2 Å². The van der Waals surface area contributed by atoms with Crippen molar-refractivity contribution in [2.24, 2.45) is 17.1 Å². The van der Waals surface area contributed by atoms with Crippen LogP contribution in [0.3, 0.4) is 0 Å². The van der Waals surface area contributed by atoms with Gasteiger partial charge in [0.15, 0.2) is 5.65 Å². The van der Waals surface area contributed by atoms with Gasteiger partial charge in [-0.3, -0.25) is 14.3 Å². The fourth-order valence-electron chi connectivity index (χ4n) is 5.97. The zero-order chi connectivity index (χ0) is 25.2. The van der Waals surface area contributed by atoms with E-state index >= 15 is 0 Å². The molecule has 0 aromatic carbocycles. The maximum Gasteiger partial charge on any atom is 0.282 e. The number of hydrogen-bond acceptors (Lipinski definition) is 7. The van der Waals surface area contributed by atoms with E-state index < -0.39 is 18.0 Å². The molecule has 2 saturated carbocycles. The van der Waals surface area contributed by atoms with Crippen LogP contribution in [0, 0.1) is 11.3 Å². The number of nitrogens with zero attached hydrogens (tertiary/aromatic N) is 6. The largest absolute Gasteiger partial charge is 0.396 e. The number of rotatable bonds is 6. The maximum absolute atomic E-state index is 14.1. The number of hydrogen-bond donors (Lipinski definition) is 2. The van der Waals surface area contributed by atoms with Gasteiger partial charge in [-0.1, -0.05) is 0 Å². The molecule has 36 heavy (non-hydrogen) atoms. The molecule has 3 aliphatic rings. The molecule has 0 bridgehead atoms. The summed E-state index contributed by atoms with van der Waals surface area (Å²) < 4.78 is 31.0. The van der Waals surface area contributed by atoms with Crippen LogP contribution >= 0.6 is 0 Å². The predicted molar refractivity (Wildman–Crippen MR) is 125 cm³/mol. The Labute approximate surface area is 205 Å². The molecule has 3 aromatic heterocycles. The number of aliphatic hydroxyl groups excluding tert-OH is 1. The van der Waals surface area contributed by atoms with E-state index in [1.54, 1.807) is 12.3 Å². The average molecular weight is 500 g/mol. The molecule has 0 radical (unpaired) electrons. The summed E-state index contributed by atoms with van der Waals surface area (Å²) in [6, 6.07) is 1.67. The Balaban J connectivity index is 1.36. The smallest absolute Gasteiger partial charge is 0.282 e. The highest BCUT2D eigenvalue weighted by Crippen LogP contribution is 2.47. The Kier molecular flexibility index (Phi) is 5.32. The second-order valence-electron chi connectivity index (χ2n) is 10.5. The number of halogens is 2. The highest BCUT2D eigenvalue weighted by atomic mass is 19.3. The van der Waals surface area contributed by atoms with E-state index in [1.807, 2.05) is 4.90 Å². The lowest BCUT2D eigenvalue weighted by molar-refractivity contribution is -0.134. The second-order valence-corrected chi connectivity index (χ2v) is 10.5. The zero-order valence-corrected chi connectivity index (χ0v) is 19.6. The number of ketones is 1. The van der Waals surface area contributed by atoms with Crippen LogP contribution in [0.15, 0.2) is 18.5 Å². The molecule has 3 N–H and O–H groups in total. The normalized spacial score (nSPS) is 23.3. The van der Waals surface area contributed by atoms with Crippen molar-refractivity contribution in [2.75, 3.05) is 24.6 Å². The van der Waals surface area contributed by atoms with Gasteiger partial charge in [0.1, 0.15) is 28.6 Å². The third-order valence-corrected chi connectivity index (χ3v) is 7.91. The summed E-state index contributed by atoms with van der Waals surface area (Å²) in [4.78, 5) is 30.6. The number of amides is 1. The maximum atomic E-state index is 14.1. The second kappa shape index (κ2) is 8.32. The van der Waals surface area contributed by atoms with Crippen molar-refractivity contribution in [3.05, 3.63) is 29.7 Å². The van der Waals surface area contributed by atoms with Crippen molar-refractivity contribution >= 4 is 23.2 Å². The number of aromatic nitrogens is 5. The van der Waals surface area contributed by atoms with E-state index in [1.165, 1.54) is 15.4 Å².